The predicted molar refractivity (Wildman–Crippen MR) is 82.6 cm³/mol. The van der Waals surface area contributed by atoms with E-state index in [4.69, 9.17) is 4.74 Å². The van der Waals surface area contributed by atoms with Crippen LogP contribution in [0, 0.1) is 6.92 Å². The Hall–Kier alpha value is -1.92. The zero-order chi connectivity index (χ0) is 16.9. The molecule has 0 spiro atoms. The molecule has 0 heterocycles. The van der Waals surface area contributed by atoms with Gasteiger partial charge in [0.05, 0.1) is 6.04 Å². The minimum atomic E-state index is -1.08. The second-order valence-corrected chi connectivity index (χ2v) is 6.10. The van der Waals surface area contributed by atoms with Crippen LogP contribution in [0.15, 0.2) is 24.3 Å². The van der Waals surface area contributed by atoms with Crippen LogP contribution in [0.3, 0.4) is 0 Å². The van der Waals surface area contributed by atoms with E-state index < -0.39 is 23.6 Å². The Kier molecular flexibility index (Phi) is 6.08. The largest absolute Gasteiger partial charge is 0.442 e. The van der Waals surface area contributed by atoms with E-state index in [1.165, 1.54) is 0 Å². The van der Waals surface area contributed by atoms with Crippen LogP contribution in [-0.4, -0.2) is 41.0 Å². The van der Waals surface area contributed by atoms with Crippen molar-refractivity contribution in [3.63, 3.8) is 0 Å². The van der Waals surface area contributed by atoms with Crippen molar-refractivity contribution in [1.29, 1.82) is 0 Å². The molecule has 0 aliphatic rings. The minimum Gasteiger partial charge on any atom is -0.442 e. The number of hydrogen-bond donors (Lipinski definition) is 2. The lowest BCUT2D eigenvalue weighted by molar-refractivity contribution is -0.162. The Morgan fingerprint density at radius 3 is 2.41 bits per heavy atom. The number of hydroxylamine groups is 2. The van der Waals surface area contributed by atoms with Gasteiger partial charge in [0.2, 0.25) is 0 Å². The summed E-state index contributed by atoms with van der Waals surface area (Å²) >= 11 is 0. The Morgan fingerprint density at radius 2 is 1.91 bits per heavy atom. The second kappa shape index (κ2) is 7.38. The summed E-state index contributed by atoms with van der Waals surface area (Å²) in [6.07, 6.45) is -0.718. The van der Waals surface area contributed by atoms with Crippen molar-refractivity contribution in [2.45, 2.75) is 45.8 Å². The number of hydrogen-bond acceptors (Lipinski definition) is 5. The van der Waals surface area contributed by atoms with Gasteiger partial charge in [0.15, 0.2) is 0 Å². The lowest BCUT2D eigenvalue weighted by Crippen LogP contribution is -2.48. The smallest absolute Gasteiger partial charge is 0.441 e. The number of amides is 2. The van der Waals surface area contributed by atoms with Crippen LogP contribution in [0.25, 0.3) is 0 Å². The molecule has 1 atom stereocenters. The molecule has 1 aromatic carbocycles. The number of rotatable bonds is 4. The first kappa shape index (κ1) is 18.1. The van der Waals surface area contributed by atoms with Crippen LogP contribution in [-0.2, 0) is 16.0 Å². The Balaban J connectivity index is 2.80. The van der Waals surface area contributed by atoms with E-state index >= 15 is 0 Å². The van der Waals surface area contributed by atoms with Crippen molar-refractivity contribution in [3.8, 4) is 0 Å². The molecule has 0 aromatic heterocycles. The molecule has 22 heavy (non-hydrogen) atoms. The molecule has 2 amide bonds. The van der Waals surface area contributed by atoms with Gasteiger partial charge in [-0.1, -0.05) is 24.3 Å². The van der Waals surface area contributed by atoms with E-state index in [1.54, 1.807) is 27.8 Å². The van der Waals surface area contributed by atoms with Gasteiger partial charge < -0.3 is 10.1 Å². The van der Waals surface area contributed by atoms with Crippen LogP contribution in [0.5, 0.6) is 0 Å². The number of likely N-dealkylation sites (N-methyl/N-ethyl adjacent to an activating group) is 1. The molecule has 6 nitrogen and oxygen atoms in total. The molecular weight excluding hydrogens is 284 g/mol. The number of imide groups is 1. The fourth-order valence-electron chi connectivity index (χ4n) is 1.91. The monoisotopic (exact) mass is 308 g/mol. The summed E-state index contributed by atoms with van der Waals surface area (Å²) in [7, 11) is 1.60. The third-order valence-corrected chi connectivity index (χ3v) is 3.11. The highest BCUT2D eigenvalue weighted by molar-refractivity contribution is 5.93. The molecule has 6 heteroatoms. The maximum Gasteiger partial charge on any atom is 0.441 e. The van der Waals surface area contributed by atoms with E-state index in [9.17, 15) is 14.8 Å². The molecule has 0 fully saturated rings. The molecule has 0 saturated carbocycles. The molecule has 1 rings (SSSR count). The molecule has 0 aliphatic heterocycles. The summed E-state index contributed by atoms with van der Waals surface area (Å²) in [6, 6.07) is 6.91. The maximum absolute atomic E-state index is 12.2. The predicted octanol–water partition coefficient (Wildman–Crippen LogP) is 2.28. The zero-order valence-electron chi connectivity index (χ0n) is 13.7. The number of carbonyl (C=O) groups excluding carboxylic acids is 2. The molecule has 0 saturated heterocycles. The summed E-state index contributed by atoms with van der Waals surface area (Å²) in [5.41, 5.74) is 1.22. The zero-order valence-corrected chi connectivity index (χ0v) is 13.7. The Morgan fingerprint density at radius 1 is 1.32 bits per heavy atom. The van der Waals surface area contributed by atoms with E-state index in [1.807, 2.05) is 31.2 Å². The summed E-state index contributed by atoms with van der Waals surface area (Å²) in [5, 5.41) is 12.6. The van der Waals surface area contributed by atoms with Crippen LogP contribution in [0.1, 0.15) is 31.9 Å². The fraction of sp³-hybridized carbons (Fsp3) is 0.500. The highest BCUT2D eigenvalue weighted by atomic mass is 16.6. The van der Waals surface area contributed by atoms with Crippen molar-refractivity contribution in [3.05, 3.63) is 35.4 Å². The van der Waals surface area contributed by atoms with Crippen LogP contribution >= 0.6 is 0 Å². The van der Waals surface area contributed by atoms with Gasteiger partial charge >= 0.3 is 6.09 Å². The molecule has 0 aliphatic carbocycles. The van der Waals surface area contributed by atoms with Crippen LogP contribution in [0.2, 0.25) is 0 Å². The van der Waals surface area contributed by atoms with E-state index in [0.717, 1.165) is 11.1 Å². The maximum atomic E-state index is 12.2. The second-order valence-electron chi connectivity index (χ2n) is 6.10. The van der Waals surface area contributed by atoms with Gasteiger partial charge in [0.25, 0.3) is 5.91 Å². The summed E-state index contributed by atoms with van der Waals surface area (Å²) in [4.78, 5) is 24.0. The SMILES string of the molecule is CN[C@@H](Cc1ccccc1C)C(=O)N(O)C(=O)OC(C)(C)C. The van der Waals surface area contributed by atoms with Crippen molar-refractivity contribution in [1.82, 2.24) is 10.4 Å². The van der Waals surface area contributed by atoms with Gasteiger partial charge in [-0.25, -0.2) is 4.79 Å². The molecule has 0 radical (unpaired) electrons. The third kappa shape index (κ3) is 5.13. The van der Waals surface area contributed by atoms with Gasteiger partial charge in [0, 0.05) is 0 Å². The van der Waals surface area contributed by atoms with Gasteiger partial charge in [0.1, 0.15) is 5.60 Å². The van der Waals surface area contributed by atoms with Crippen molar-refractivity contribution < 1.29 is 19.5 Å². The number of benzene rings is 1. The molecule has 1 aromatic rings. The van der Waals surface area contributed by atoms with Crippen molar-refractivity contribution in [2.75, 3.05) is 7.05 Å². The number of nitrogens with one attached hydrogen (secondary N) is 1. The van der Waals surface area contributed by atoms with Gasteiger partial charge in [-0.2, -0.15) is 0 Å². The summed E-state index contributed by atoms with van der Waals surface area (Å²) in [5.74, 6) is -0.750. The molecule has 2 N–H and O–H groups in total. The first-order valence-corrected chi connectivity index (χ1v) is 7.13. The quantitative estimate of drug-likeness (QED) is 0.659. The first-order valence-electron chi connectivity index (χ1n) is 7.13. The van der Waals surface area contributed by atoms with Crippen LogP contribution < -0.4 is 5.32 Å². The van der Waals surface area contributed by atoms with Crippen LogP contribution in [0.4, 0.5) is 4.79 Å². The number of ether oxygens (including phenoxy) is 1. The Labute approximate surface area is 131 Å². The number of nitrogens with zero attached hydrogens (tertiary/aromatic N) is 1. The highest BCUT2D eigenvalue weighted by Crippen LogP contribution is 2.13. The lowest BCUT2D eigenvalue weighted by atomic mass is 10.0. The summed E-state index contributed by atoms with van der Waals surface area (Å²) < 4.78 is 4.98. The molecule has 0 bridgehead atoms. The molecular formula is C16H24N2O4. The van der Waals surface area contributed by atoms with E-state index in [2.05, 4.69) is 5.32 Å². The number of carbonyl (C=O) groups is 2. The highest BCUT2D eigenvalue weighted by Gasteiger charge is 2.30. The average Bonchev–Trinajstić information content (AvgIpc) is 2.43. The normalized spacial score (nSPS) is 12.6. The number of aryl methyl sites for hydroxylation is 1. The summed E-state index contributed by atoms with van der Waals surface area (Å²) in [6.45, 7) is 6.92. The van der Waals surface area contributed by atoms with E-state index in [-0.39, 0.29) is 5.06 Å². The standard InChI is InChI=1S/C16H24N2O4/c1-11-8-6-7-9-12(11)10-13(17-5)14(19)18(21)15(20)22-16(2,3)4/h6-9,13,17,21H,10H2,1-5H3/t13-/m0/s1. The van der Waals surface area contributed by atoms with Gasteiger partial charge in [-0.15, -0.1) is 5.06 Å². The third-order valence-electron chi connectivity index (χ3n) is 3.11. The molecule has 0 unspecified atom stereocenters. The van der Waals surface area contributed by atoms with Gasteiger partial charge in [-0.3, -0.25) is 10.0 Å². The lowest BCUT2D eigenvalue weighted by Gasteiger charge is -2.25. The van der Waals surface area contributed by atoms with Crippen molar-refractivity contribution >= 4 is 12.0 Å². The minimum absolute atomic E-state index is 0.0324. The van der Waals surface area contributed by atoms with E-state index in [0.29, 0.717) is 6.42 Å². The first-order chi connectivity index (χ1) is 10.2. The average molecular weight is 308 g/mol. The van der Waals surface area contributed by atoms with Crippen molar-refractivity contribution in [2.24, 2.45) is 0 Å². The van der Waals surface area contributed by atoms with Gasteiger partial charge in [-0.05, 0) is 52.3 Å². The Bertz CT molecular complexity index is 537. The topological polar surface area (TPSA) is 78.9 Å². The fourth-order valence-corrected chi connectivity index (χ4v) is 1.91. The molecule has 122 valence electrons.